The van der Waals surface area contributed by atoms with Crippen molar-refractivity contribution in [1.82, 2.24) is 10.2 Å². The SMILES string of the molecule is C[C@@H]1CN(C2(C(=O)N[C@@H](C)C(N)=O)Cc3ccccc3C2)C[C@H](C)O1. The molecule has 0 saturated carbocycles. The van der Waals surface area contributed by atoms with Crippen LogP contribution < -0.4 is 11.1 Å². The Bertz CT molecular complexity index is 641. The summed E-state index contributed by atoms with van der Waals surface area (Å²) in [6.07, 6.45) is 1.40. The minimum absolute atomic E-state index is 0.0608. The molecule has 0 unspecified atom stereocenters. The lowest BCUT2D eigenvalue weighted by Gasteiger charge is -2.46. The van der Waals surface area contributed by atoms with Crippen LogP contribution in [-0.4, -0.2) is 53.6 Å². The molecule has 1 fully saturated rings. The van der Waals surface area contributed by atoms with Crippen molar-refractivity contribution >= 4 is 11.8 Å². The third-order valence-electron chi connectivity index (χ3n) is 5.31. The molecule has 6 heteroatoms. The largest absolute Gasteiger partial charge is 0.373 e. The molecule has 1 heterocycles. The quantitative estimate of drug-likeness (QED) is 0.838. The molecule has 1 saturated heterocycles. The van der Waals surface area contributed by atoms with Crippen molar-refractivity contribution < 1.29 is 14.3 Å². The van der Waals surface area contributed by atoms with Gasteiger partial charge in [0, 0.05) is 25.9 Å². The van der Waals surface area contributed by atoms with Gasteiger partial charge in [-0.15, -0.1) is 0 Å². The molecule has 1 aliphatic heterocycles. The average molecular weight is 345 g/mol. The summed E-state index contributed by atoms with van der Waals surface area (Å²) >= 11 is 0. The lowest BCUT2D eigenvalue weighted by molar-refractivity contribution is -0.146. The molecule has 2 amide bonds. The van der Waals surface area contributed by atoms with Crippen molar-refractivity contribution in [3.8, 4) is 0 Å². The van der Waals surface area contributed by atoms with Gasteiger partial charge in [-0.2, -0.15) is 0 Å². The third-order valence-corrected chi connectivity index (χ3v) is 5.31. The molecule has 25 heavy (non-hydrogen) atoms. The Balaban J connectivity index is 1.92. The highest BCUT2D eigenvalue weighted by Crippen LogP contribution is 2.36. The molecular formula is C19H27N3O3. The maximum absolute atomic E-state index is 13.3. The zero-order chi connectivity index (χ0) is 18.2. The van der Waals surface area contributed by atoms with Crippen LogP contribution in [0.3, 0.4) is 0 Å². The van der Waals surface area contributed by atoms with Gasteiger partial charge in [0.1, 0.15) is 11.6 Å². The predicted molar refractivity (Wildman–Crippen MR) is 95.0 cm³/mol. The Morgan fingerprint density at radius 1 is 1.20 bits per heavy atom. The van der Waals surface area contributed by atoms with Gasteiger partial charge < -0.3 is 15.8 Å². The van der Waals surface area contributed by atoms with Crippen LogP contribution in [-0.2, 0) is 27.2 Å². The highest BCUT2D eigenvalue weighted by atomic mass is 16.5. The molecule has 6 nitrogen and oxygen atoms in total. The van der Waals surface area contributed by atoms with E-state index in [0.29, 0.717) is 25.9 Å². The van der Waals surface area contributed by atoms with Crippen LogP contribution in [0.15, 0.2) is 24.3 Å². The number of ether oxygens (including phenoxy) is 1. The average Bonchev–Trinajstić information content (AvgIpc) is 2.94. The van der Waals surface area contributed by atoms with Crippen molar-refractivity contribution in [3.05, 3.63) is 35.4 Å². The van der Waals surface area contributed by atoms with Gasteiger partial charge in [-0.3, -0.25) is 14.5 Å². The molecule has 1 aliphatic carbocycles. The van der Waals surface area contributed by atoms with Gasteiger partial charge in [0.05, 0.1) is 12.2 Å². The maximum Gasteiger partial charge on any atom is 0.241 e. The summed E-state index contributed by atoms with van der Waals surface area (Å²) < 4.78 is 5.85. The van der Waals surface area contributed by atoms with E-state index >= 15 is 0 Å². The van der Waals surface area contributed by atoms with E-state index in [1.54, 1.807) is 6.92 Å². The summed E-state index contributed by atoms with van der Waals surface area (Å²) in [6, 6.07) is 7.47. The van der Waals surface area contributed by atoms with E-state index in [9.17, 15) is 9.59 Å². The van der Waals surface area contributed by atoms with E-state index in [1.807, 2.05) is 26.0 Å². The number of hydrogen-bond acceptors (Lipinski definition) is 4. The summed E-state index contributed by atoms with van der Waals surface area (Å²) in [6.45, 7) is 7.07. The van der Waals surface area contributed by atoms with E-state index < -0.39 is 17.5 Å². The van der Waals surface area contributed by atoms with E-state index in [0.717, 1.165) is 0 Å². The van der Waals surface area contributed by atoms with Crippen LogP contribution in [0.25, 0.3) is 0 Å². The number of primary amides is 1. The van der Waals surface area contributed by atoms with E-state index in [1.165, 1.54) is 11.1 Å². The van der Waals surface area contributed by atoms with Crippen molar-refractivity contribution in [1.29, 1.82) is 0 Å². The molecule has 3 rings (SSSR count). The molecule has 0 spiro atoms. The predicted octanol–water partition coefficient (Wildman–Crippen LogP) is 0.623. The summed E-state index contributed by atoms with van der Waals surface area (Å²) in [5, 5.41) is 2.83. The van der Waals surface area contributed by atoms with E-state index in [4.69, 9.17) is 10.5 Å². The summed E-state index contributed by atoms with van der Waals surface area (Å²) in [7, 11) is 0. The van der Waals surface area contributed by atoms with E-state index in [2.05, 4.69) is 22.3 Å². The third kappa shape index (κ3) is 3.41. The topological polar surface area (TPSA) is 84.7 Å². The van der Waals surface area contributed by atoms with Gasteiger partial charge in [-0.1, -0.05) is 24.3 Å². The molecule has 0 aromatic heterocycles. The Morgan fingerprint density at radius 2 is 1.72 bits per heavy atom. The Labute approximate surface area is 148 Å². The smallest absolute Gasteiger partial charge is 0.241 e. The van der Waals surface area contributed by atoms with Crippen LogP contribution >= 0.6 is 0 Å². The summed E-state index contributed by atoms with van der Waals surface area (Å²) in [4.78, 5) is 26.9. The van der Waals surface area contributed by atoms with Crippen LogP contribution in [0.2, 0.25) is 0 Å². The van der Waals surface area contributed by atoms with Crippen molar-refractivity contribution in [2.24, 2.45) is 5.73 Å². The molecular weight excluding hydrogens is 318 g/mol. The second kappa shape index (κ2) is 6.77. The molecule has 3 N–H and O–H groups in total. The molecule has 3 atom stereocenters. The minimum atomic E-state index is -0.695. The fourth-order valence-corrected chi connectivity index (χ4v) is 4.05. The standard InChI is InChI=1S/C19H27N3O3/c1-12-10-22(11-13(2)25-12)19(18(24)21-14(3)17(20)23)8-15-6-4-5-7-16(15)9-19/h4-7,12-14H,8-11H2,1-3H3,(H2,20,23)(H,21,24)/t12-,13+,14-/m0/s1. The number of morpholine rings is 1. The van der Waals surface area contributed by atoms with Gasteiger partial charge in [0.15, 0.2) is 0 Å². The zero-order valence-electron chi connectivity index (χ0n) is 15.1. The Kier molecular flexibility index (Phi) is 4.84. The highest BCUT2D eigenvalue weighted by molar-refractivity contribution is 5.92. The van der Waals surface area contributed by atoms with Crippen LogP contribution in [0, 0.1) is 0 Å². The first kappa shape index (κ1) is 17.9. The zero-order valence-corrected chi connectivity index (χ0v) is 15.1. The monoisotopic (exact) mass is 345 g/mol. The number of fused-ring (bicyclic) bond motifs is 1. The molecule has 0 radical (unpaired) electrons. The molecule has 0 bridgehead atoms. The van der Waals surface area contributed by atoms with Crippen LogP contribution in [0.5, 0.6) is 0 Å². The van der Waals surface area contributed by atoms with Gasteiger partial charge >= 0.3 is 0 Å². The van der Waals surface area contributed by atoms with Crippen molar-refractivity contribution in [2.75, 3.05) is 13.1 Å². The molecule has 1 aromatic carbocycles. The first-order valence-corrected chi connectivity index (χ1v) is 8.89. The maximum atomic E-state index is 13.3. The summed E-state index contributed by atoms with van der Waals surface area (Å²) in [5.74, 6) is -0.654. The Hall–Kier alpha value is -1.92. The highest BCUT2D eigenvalue weighted by Gasteiger charge is 2.50. The van der Waals surface area contributed by atoms with Gasteiger partial charge in [-0.25, -0.2) is 0 Å². The number of hydrogen-bond donors (Lipinski definition) is 2. The lowest BCUT2D eigenvalue weighted by Crippen LogP contribution is -2.66. The lowest BCUT2D eigenvalue weighted by atomic mass is 9.90. The Morgan fingerprint density at radius 3 is 2.20 bits per heavy atom. The number of carbonyl (C=O) groups is 2. The van der Waals surface area contributed by atoms with Crippen molar-refractivity contribution in [3.63, 3.8) is 0 Å². The second-order valence-electron chi connectivity index (χ2n) is 7.41. The number of nitrogens with two attached hydrogens (primary N) is 1. The van der Waals surface area contributed by atoms with Gasteiger partial charge in [0.2, 0.25) is 11.8 Å². The molecule has 1 aromatic rings. The number of nitrogens with zero attached hydrogens (tertiary/aromatic N) is 1. The number of amides is 2. The molecule has 2 aliphatic rings. The molecule has 136 valence electrons. The normalized spacial score (nSPS) is 26.7. The number of carbonyl (C=O) groups excluding carboxylic acids is 2. The van der Waals surface area contributed by atoms with E-state index in [-0.39, 0.29) is 18.1 Å². The fourth-order valence-electron chi connectivity index (χ4n) is 4.05. The van der Waals surface area contributed by atoms with Gasteiger partial charge in [0.25, 0.3) is 0 Å². The van der Waals surface area contributed by atoms with Crippen molar-refractivity contribution in [2.45, 2.75) is 57.4 Å². The first-order chi connectivity index (χ1) is 11.8. The second-order valence-corrected chi connectivity index (χ2v) is 7.41. The number of benzene rings is 1. The van der Waals surface area contributed by atoms with Crippen LogP contribution in [0.1, 0.15) is 31.9 Å². The first-order valence-electron chi connectivity index (χ1n) is 8.89. The summed E-state index contributed by atoms with van der Waals surface area (Å²) in [5.41, 5.74) is 7.03. The fraction of sp³-hybridized carbons (Fsp3) is 0.579. The number of rotatable bonds is 4. The number of nitrogens with one attached hydrogen (secondary N) is 1. The minimum Gasteiger partial charge on any atom is -0.373 e. The van der Waals surface area contributed by atoms with Crippen LogP contribution in [0.4, 0.5) is 0 Å². The van der Waals surface area contributed by atoms with Gasteiger partial charge in [-0.05, 0) is 31.9 Å².